The van der Waals surface area contributed by atoms with Gasteiger partial charge in [-0.15, -0.1) is 0 Å². The fraction of sp³-hybridized carbons (Fsp3) is 0.833. The smallest absolute Gasteiger partial charge is 0.335 e. The Bertz CT molecular complexity index is 276. The molecule has 0 aromatic rings. The normalized spacial score (nSPS) is 28.5. The first-order chi connectivity index (χ1) is 8.08. The van der Waals surface area contributed by atoms with E-state index in [-0.39, 0.29) is 30.4 Å². The third-order valence-electron chi connectivity index (χ3n) is 2.94. The molecular weight excluding hydrogens is 224 g/mol. The molecule has 17 heavy (non-hydrogen) atoms. The molecule has 1 heterocycles. The van der Waals surface area contributed by atoms with Gasteiger partial charge >= 0.3 is 11.9 Å². The van der Waals surface area contributed by atoms with E-state index in [1.165, 1.54) is 7.11 Å². The first kappa shape index (κ1) is 14.0. The van der Waals surface area contributed by atoms with Gasteiger partial charge in [-0.25, -0.2) is 4.79 Å². The minimum Gasteiger partial charge on any atom is -0.469 e. The van der Waals surface area contributed by atoms with Crippen LogP contribution in [0.5, 0.6) is 0 Å². The highest BCUT2D eigenvalue weighted by Gasteiger charge is 2.35. The van der Waals surface area contributed by atoms with Gasteiger partial charge in [-0.3, -0.25) is 4.79 Å². The number of hydrogen-bond donors (Lipinski definition) is 0. The largest absolute Gasteiger partial charge is 0.469 e. The van der Waals surface area contributed by atoms with Gasteiger partial charge in [0, 0.05) is 0 Å². The van der Waals surface area contributed by atoms with Crippen LogP contribution in [0.3, 0.4) is 0 Å². The van der Waals surface area contributed by atoms with Crippen molar-refractivity contribution in [2.75, 3.05) is 13.7 Å². The highest BCUT2D eigenvalue weighted by Crippen LogP contribution is 2.27. The van der Waals surface area contributed by atoms with Crippen molar-refractivity contribution < 1.29 is 23.8 Å². The maximum atomic E-state index is 11.6. The molecule has 0 aromatic carbocycles. The van der Waals surface area contributed by atoms with Gasteiger partial charge in [-0.05, 0) is 25.7 Å². The molecule has 1 saturated heterocycles. The Morgan fingerprint density at radius 3 is 2.65 bits per heavy atom. The summed E-state index contributed by atoms with van der Waals surface area (Å²) >= 11 is 0. The Morgan fingerprint density at radius 1 is 1.35 bits per heavy atom. The second-order valence-corrected chi connectivity index (χ2v) is 4.27. The molecule has 0 N–H and O–H groups in total. The van der Waals surface area contributed by atoms with Gasteiger partial charge in [0.05, 0.1) is 26.2 Å². The maximum absolute atomic E-state index is 11.6. The molecule has 98 valence electrons. The number of ether oxygens (including phenoxy) is 3. The molecule has 0 aromatic heterocycles. The summed E-state index contributed by atoms with van der Waals surface area (Å²) in [6.45, 7) is 4.06. The van der Waals surface area contributed by atoms with E-state index in [0.717, 1.165) is 12.8 Å². The third-order valence-corrected chi connectivity index (χ3v) is 2.94. The fourth-order valence-electron chi connectivity index (χ4n) is 1.94. The zero-order valence-corrected chi connectivity index (χ0v) is 10.6. The van der Waals surface area contributed by atoms with E-state index in [1.54, 1.807) is 6.92 Å². The molecular formula is C12H20O5. The van der Waals surface area contributed by atoms with Crippen molar-refractivity contribution in [3.8, 4) is 0 Å². The Kier molecular flexibility index (Phi) is 5.41. The number of esters is 2. The summed E-state index contributed by atoms with van der Waals surface area (Å²) in [6, 6.07) is 0. The second kappa shape index (κ2) is 6.59. The minimum absolute atomic E-state index is 0.128. The molecule has 0 radical (unpaired) electrons. The zero-order valence-electron chi connectivity index (χ0n) is 10.6. The van der Waals surface area contributed by atoms with Crippen molar-refractivity contribution in [3.63, 3.8) is 0 Å². The molecule has 0 unspecified atom stereocenters. The van der Waals surface area contributed by atoms with Crippen LogP contribution in [0.1, 0.15) is 33.1 Å². The highest BCUT2D eigenvalue weighted by atomic mass is 16.6. The van der Waals surface area contributed by atoms with E-state index >= 15 is 0 Å². The van der Waals surface area contributed by atoms with E-state index < -0.39 is 6.10 Å². The van der Waals surface area contributed by atoms with Crippen LogP contribution in [0.2, 0.25) is 0 Å². The molecule has 0 amide bonds. The summed E-state index contributed by atoms with van der Waals surface area (Å²) in [7, 11) is 1.34. The SMILES string of the molecule is CCOC(=O)[C@@H]1O[C@H](CC(=O)OC)CC[C@H]1C. The monoisotopic (exact) mass is 244 g/mol. The molecule has 1 aliphatic rings. The van der Waals surface area contributed by atoms with Crippen molar-refractivity contribution in [2.45, 2.75) is 45.3 Å². The molecule has 1 rings (SSSR count). The Labute approximate surface area is 101 Å². The van der Waals surface area contributed by atoms with Crippen LogP contribution >= 0.6 is 0 Å². The number of carbonyl (C=O) groups excluding carboxylic acids is 2. The van der Waals surface area contributed by atoms with Crippen LogP contribution in [-0.4, -0.2) is 37.9 Å². The van der Waals surface area contributed by atoms with E-state index in [1.807, 2.05) is 6.92 Å². The van der Waals surface area contributed by atoms with Crippen molar-refractivity contribution in [3.05, 3.63) is 0 Å². The van der Waals surface area contributed by atoms with Gasteiger partial charge in [0.2, 0.25) is 0 Å². The van der Waals surface area contributed by atoms with Crippen molar-refractivity contribution in [2.24, 2.45) is 5.92 Å². The Balaban J connectivity index is 2.53. The number of rotatable bonds is 4. The van der Waals surface area contributed by atoms with Gasteiger partial charge < -0.3 is 14.2 Å². The molecule has 0 spiro atoms. The lowest BCUT2D eigenvalue weighted by atomic mass is 9.92. The average molecular weight is 244 g/mol. The van der Waals surface area contributed by atoms with Gasteiger partial charge in [0.1, 0.15) is 0 Å². The van der Waals surface area contributed by atoms with Crippen LogP contribution in [0.15, 0.2) is 0 Å². The summed E-state index contributed by atoms with van der Waals surface area (Å²) < 4.78 is 15.1. The van der Waals surface area contributed by atoms with E-state index in [2.05, 4.69) is 4.74 Å². The zero-order chi connectivity index (χ0) is 12.8. The van der Waals surface area contributed by atoms with E-state index in [4.69, 9.17) is 9.47 Å². The third kappa shape index (κ3) is 4.00. The van der Waals surface area contributed by atoms with Crippen LogP contribution in [0, 0.1) is 5.92 Å². The van der Waals surface area contributed by atoms with Crippen LogP contribution < -0.4 is 0 Å². The topological polar surface area (TPSA) is 61.8 Å². The van der Waals surface area contributed by atoms with Gasteiger partial charge in [-0.1, -0.05) is 6.92 Å². The molecule has 0 aliphatic carbocycles. The number of methoxy groups -OCH3 is 1. The van der Waals surface area contributed by atoms with Crippen molar-refractivity contribution >= 4 is 11.9 Å². The van der Waals surface area contributed by atoms with Crippen molar-refractivity contribution in [1.29, 1.82) is 0 Å². The summed E-state index contributed by atoms with van der Waals surface area (Å²) in [4.78, 5) is 22.8. The van der Waals surface area contributed by atoms with Crippen LogP contribution in [0.25, 0.3) is 0 Å². The molecule has 5 heteroatoms. The lowest BCUT2D eigenvalue weighted by Gasteiger charge is -2.32. The summed E-state index contributed by atoms with van der Waals surface area (Å²) in [5.41, 5.74) is 0. The maximum Gasteiger partial charge on any atom is 0.335 e. The summed E-state index contributed by atoms with van der Waals surface area (Å²) in [5.74, 6) is -0.523. The van der Waals surface area contributed by atoms with Crippen molar-refractivity contribution in [1.82, 2.24) is 0 Å². The fourth-order valence-corrected chi connectivity index (χ4v) is 1.94. The first-order valence-corrected chi connectivity index (χ1v) is 5.97. The lowest BCUT2D eigenvalue weighted by Crippen LogP contribution is -2.41. The van der Waals surface area contributed by atoms with E-state index in [0.29, 0.717) is 6.61 Å². The average Bonchev–Trinajstić information content (AvgIpc) is 2.31. The number of carbonyl (C=O) groups is 2. The summed E-state index contributed by atoms with van der Waals surface area (Å²) in [6.07, 6.45) is 1.02. The highest BCUT2D eigenvalue weighted by molar-refractivity contribution is 5.75. The van der Waals surface area contributed by atoms with Crippen LogP contribution in [0.4, 0.5) is 0 Å². The first-order valence-electron chi connectivity index (χ1n) is 5.97. The predicted octanol–water partition coefficient (Wildman–Crippen LogP) is 1.30. The lowest BCUT2D eigenvalue weighted by molar-refractivity contribution is -0.174. The second-order valence-electron chi connectivity index (χ2n) is 4.27. The Morgan fingerprint density at radius 2 is 2.06 bits per heavy atom. The Hall–Kier alpha value is -1.10. The minimum atomic E-state index is -0.557. The molecule has 1 fully saturated rings. The molecule has 3 atom stereocenters. The molecule has 5 nitrogen and oxygen atoms in total. The predicted molar refractivity (Wildman–Crippen MR) is 60.3 cm³/mol. The summed E-state index contributed by atoms with van der Waals surface area (Å²) in [5, 5.41) is 0. The van der Waals surface area contributed by atoms with Gasteiger partial charge in [0.15, 0.2) is 6.10 Å². The number of hydrogen-bond acceptors (Lipinski definition) is 5. The van der Waals surface area contributed by atoms with E-state index in [9.17, 15) is 9.59 Å². The standard InChI is InChI=1S/C12H20O5/c1-4-16-12(14)11-8(2)5-6-9(17-11)7-10(13)15-3/h8-9,11H,4-7H2,1-3H3/t8-,9+,11-/m1/s1. The van der Waals surface area contributed by atoms with Gasteiger partial charge in [0.25, 0.3) is 0 Å². The van der Waals surface area contributed by atoms with Gasteiger partial charge in [-0.2, -0.15) is 0 Å². The molecule has 0 saturated carbocycles. The molecule has 1 aliphatic heterocycles. The van der Waals surface area contributed by atoms with Crippen LogP contribution in [-0.2, 0) is 23.8 Å². The molecule has 0 bridgehead atoms. The quantitative estimate of drug-likeness (QED) is 0.697.